The summed E-state index contributed by atoms with van der Waals surface area (Å²) in [4.78, 5) is 18.6. The van der Waals surface area contributed by atoms with Gasteiger partial charge in [-0.05, 0) is 78.1 Å². The Balaban J connectivity index is 1.53. The van der Waals surface area contributed by atoms with E-state index in [9.17, 15) is 10.1 Å². The van der Waals surface area contributed by atoms with Crippen LogP contribution >= 0.6 is 11.6 Å². The predicted octanol–water partition coefficient (Wildman–Crippen LogP) is 7.49. The molecule has 1 heterocycles. The lowest BCUT2D eigenvalue weighted by atomic mass is 9.96. The van der Waals surface area contributed by atoms with E-state index in [4.69, 9.17) is 26.1 Å². The minimum absolute atomic E-state index is 0.194. The van der Waals surface area contributed by atoms with Crippen molar-refractivity contribution in [2.24, 2.45) is 5.10 Å². The molecule has 0 aliphatic heterocycles. The molecule has 0 aliphatic carbocycles. The van der Waals surface area contributed by atoms with Gasteiger partial charge >= 0.3 is 0 Å². The molecule has 0 amide bonds. The first-order chi connectivity index (χ1) is 20.3. The summed E-state index contributed by atoms with van der Waals surface area (Å²) in [5, 5.41) is 14.8. The number of methoxy groups -OCH3 is 1. The largest absolute Gasteiger partial charge is 0.496 e. The zero-order valence-electron chi connectivity index (χ0n) is 23.8. The van der Waals surface area contributed by atoms with Crippen LogP contribution in [0.2, 0.25) is 5.02 Å². The fourth-order valence-corrected chi connectivity index (χ4v) is 4.97. The first kappa shape index (κ1) is 28.6. The summed E-state index contributed by atoms with van der Waals surface area (Å²) in [5.41, 5.74) is 5.01. The minimum Gasteiger partial charge on any atom is -0.496 e. The van der Waals surface area contributed by atoms with Crippen molar-refractivity contribution >= 4 is 28.7 Å². The highest BCUT2D eigenvalue weighted by Gasteiger charge is 2.18. The highest BCUT2D eigenvalue weighted by Crippen LogP contribution is 2.34. The Labute approximate surface area is 249 Å². The lowest BCUT2D eigenvalue weighted by molar-refractivity contribution is 0.306. The molecule has 4 aromatic carbocycles. The van der Waals surface area contributed by atoms with Crippen LogP contribution in [0.25, 0.3) is 22.3 Å². The van der Waals surface area contributed by atoms with Crippen molar-refractivity contribution in [1.29, 1.82) is 5.26 Å². The number of para-hydroxylation sites is 1. The zero-order chi connectivity index (χ0) is 29.8. The molecule has 0 bridgehead atoms. The molecule has 0 unspecified atom stereocenters. The van der Waals surface area contributed by atoms with Crippen molar-refractivity contribution in [2.45, 2.75) is 33.3 Å². The topological polar surface area (TPSA) is 89.5 Å². The molecule has 7 nitrogen and oxygen atoms in total. The second kappa shape index (κ2) is 12.3. The Morgan fingerprint density at radius 1 is 1.05 bits per heavy atom. The van der Waals surface area contributed by atoms with E-state index in [1.807, 2.05) is 55.5 Å². The summed E-state index contributed by atoms with van der Waals surface area (Å²) in [5.74, 6) is 1.89. The number of rotatable bonds is 8. The molecule has 0 spiro atoms. The van der Waals surface area contributed by atoms with Crippen LogP contribution in [0.3, 0.4) is 0 Å². The van der Waals surface area contributed by atoms with Crippen LogP contribution in [0.5, 0.6) is 11.5 Å². The molecule has 0 saturated carbocycles. The van der Waals surface area contributed by atoms with E-state index in [1.165, 1.54) is 4.68 Å². The molecule has 5 aromatic rings. The Kier molecular flexibility index (Phi) is 8.37. The van der Waals surface area contributed by atoms with Gasteiger partial charge in [0, 0.05) is 11.1 Å². The Morgan fingerprint density at radius 3 is 2.55 bits per heavy atom. The van der Waals surface area contributed by atoms with Crippen LogP contribution in [0, 0.1) is 18.3 Å². The van der Waals surface area contributed by atoms with Crippen LogP contribution in [0.1, 0.15) is 47.6 Å². The Morgan fingerprint density at radius 2 is 1.81 bits per heavy atom. The summed E-state index contributed by atoms with van der Waals surface area (Å²) in [6.07, 6.45) is 1.57. The highest BCUT2D eigenvalue weighted by atomic mass is 35.5. The van der Waals surface area contributed by atoms with Gasteiger partial charge in [0.15, 0.2) is 5.82 Å². The van der Waals surface area contributed by atoms with E-state index in [1.54, 1.807) is 43.7 Å². The molecular formula is C34H29ClN4O3. The number of nitrogens with zero attached hydrogens (tertiary/aromatic N) is 4. The molecule has 0 fully saturated rings. The number of benzene rings is 4. The normalized spacial score (nSPS) is 11.3. The average molecular weight is 577 g/mol. The lowest BCUT2D eigenvalue weighted by Crippen LogP contribution is -2.20. The van der Waals surface area contributed by atoms with Gasteiger partial charge < -0.3 is 9.47 Å². The number of aryl methyl sites for hydroxylation is 1. The van der Waals surface area contributed by atoms with Crippen LogP contribution < -0.4 is 15.0 Å². The van der Waals surface area contributed by atoms with Crippen LogP contribution in [-0.2, 0) is 6.61 Å². The van der Waals surface area contributed by atoms with Gasteiger partial charge in [0.2, 0.25) is 0 Å². The molecule has 1 aromatic heterocycles. The third-order valence-corrected chi connectivity index (χ3v) is 7.29. The number of hydrogen-bond acceptors (Lipinski definition) is 6. The number of nitriles is 1. The molecule has 5 rings (SSSR count). The molecule has 0 atom stereocenters. The molecular weight excluding hydrogens is 548 g/mol. The van der Waals surface area contributed by atoms with Gasteiger partial charge in [-0.1, -0.05) is 55.8 Å². The van der Waals surface area contributed by atoms with Gasteiger partial charge in [-0.2, -0.15) is 15.0 Å². The second-order valence-electron chi connectivity index (χ2n) is 10.1. The van der Waals surface area contributed by atoms with E-state index >= 15 is 0 Å². The van der Waals surface area contributed by atoms with Gasteiger partial charge in [-0.3, -0.25) is 4.79 Å². The Hall–Kier alpha value is -4.93. The molecule has 0 radical (unpaired) electrons. The van der Waals surface area contributed by atoms with E-state index < -0.39 is 0 Å². The van der Waals surface area contributed by atoms with E-state index in [-0.39, 0.29) is 18.1 Å². The SMILES string of the molecule is COc1cc(C)c(-c2nc3ccccc3c(=O)n2N=Cc2ccc(OCc3ccccc3C#N)c(Cl)c2)cc1C(C)C. The van der Waals surface area contributed by atoms with Crippen LogP contribution in [0.4, 0.5) is 0 Å². The maximum absolute atomic E-state index is 13.7. The summed E-state index contributed by atoms with van der Waals surface area (Å²) in [6.45, 7) is 6.35. The van der Waals surface area contributed by atoms with E-state index in [2.05, 4.69) is 25.0 Å². The maximum Gasteiger partial charge on any atom is 0.282 e. The van der Waals surface area contributed by atoms with E-state index in [0.717, 1.165) is 28.0 Å². The molecule has 0 N–H and O–H groups in total. The summed E-state index contributed by atoms with van der Waals surface area (Å²) < 4.78 is 12.8. The fraction of sp³-hybridized carbons (Fsp3) is 0.176. The summed E-state index contributed by atoms with van der Waals surface area (Å²) >= 11 is 6.54. The average Bonchev–Trinajstić information content (AvgIpc) is 3.00. The summed E-state index contributed by atoms with van der Waals surface area (Å²) in [6, 6.07) is 25.9. The molecule has 8 heteroatoms. The maximum atomic E-state index is 13.7. The molecule has 0 saturated heterocycles. The molecule has 42 heavy (non-hydrogen) atoms. The molecule has 0 aliphatic rings. The van der Waals surface area contributed by atoms with Crippen molar-refractivity contribution < 1.29 is 9.47 Å². The Bertz CT molecular complexity index is 1920. The quantitative estimate of drug-likeness (QED) is 0.178. The third-order valence-electron chi connectivity index (χ3n) is 6.99. The molecule has 210 valence electrons. The number of ether oxygens (including phenoxy) is 2. The standard InChI is InChI=1S/C34H29ClN4O3/c1-21(2)27-17-28(22(3)15-32(27)41-4)33-38-30-12-8-7-11-26(30)34(40)39(33)37-19-23-13-14-31(29(35)16-23)42-20-25-10-6-5-9-24(25)18-36/h5-17,19,21H,20H2,1-4H3. The number of hydrogen-bond donors (Lipinski definition) is 0. The van der Waals surface area contributed by atoms with Crippen LogP contribution in [-0.4, -0.2) is 23.0 Å². The van der Waals surface area contributed by atoms with Crippen molar-refractivity contribution in [2.75, 3.05) is 7.11 Å². The van der Waals surface area contributed by atoms with Crippen LogP contribution in [0.15, 0.2) is 88.8 Å². The highest BCUT2D eigenvalue weighted by molar-refractivity contribution is 6.32. The minimum atomic E-state index is -0.282. The zero-order valence-corrected chi connectivity index (χ0v) is 24.5. The first-order valence-corrected chi connectivity index (χ1v) is 13.8. The van der Waals surface area contributed by atoms with Crippen molar-refractivity contribution in [3.8, 4) is 29.0 Å². The number of aromatic nitrogens is 2. The summed E-state index contributed by atoms with van der Waals surface area (Å²) in [7, 11) is 1.65. The van der Waals surface area contributed by atoms with Gasteiger partial charge in [0.05, 0.1) is 40.9 Å². The smallest absolute Gasteiger partial charge is 0.282 e. The second-order valence-corrected chi connectivity index (χ2v) is 10.5. The van der Waals surface area contributed by atoms with Crippen molar-refractivity contribution in [3.05, 3.63) is 122 Å². The number of fused-ring (bicyclic) bond motifs is 1. The fourth-order valence-electron chi connectivity index (χ4n) is 4.72. The predicted molar refractivity (Wildman–Crippen MR) is 167 cm³/mol. The monoisotopic (exact) mass is 576 g/mol. The third kappa shape index (κ3) is 5.76. The van der Waals surface area contributed by atoms with Crippen molar-refractivity contribution in [1.82, 2.24) is 9.66 Å². The first-order valence-electron chi connectivity index (χ1n) is 13.5. The van der Waals surface area contributed by atoms with Crippen molar-refractivity contribution in [3.63, 3.8) is 0 Å². The van der Waals surface area contributed by atoms with Gasteiger partial charge in [0.1, 0.15) is 18.1 Å². The van der Waals surface area contributed by atoms with E-state index in [0.29, 0.717) is 38.6 Å². The van der Waals surface area contributed by atoms with Gasteiger partial charge in [0.25, 0.3) is 5.56 Å². The number of halogens is 1. The van der Waals surface area contributed by atoms with Gasteiger partial charge in [-0.25, -0.2) is 4.98 Å². The van der Waals surface area contributed by atoms with Gasteiger partial charge in [-0.15, -0.1) is 0 Å². The lowest BCUT2D eigenvalue weighted by Gasteiger charge is -2.17.